The fourth-order valence-corrected chi connectivity index (χ4v) is 4.22. The Morgan fingerprint density at radius 1 is 0.968 bits per heavy atom. The van der Waals surface area contributed by atoms with Crippen LogP contribution in [0.5, 0.6) is 5.75 Å². The molecule has 3 aromatic heterocycles. The van der Waals surface area contributed by atoms with E-state index < -0.39 is 0 Å². The Balaban J connectivity index is 1.37. The quantitative estimate of drug-likeness (QED) is 0.500. The van der Waals surface area contributed by atoms with Crippen LogP contribution in [0.2, 0.25) is 0 Å². The van der Waals surface area contributed by atoms with Gasteiger partial charge in [0.25, 0.3) is 0 Å². The molecule has 1 fully saturated rings. The van der Waals surface area contributed by atoms with Gasteiger partial charge in [-0.1, -0.05) is 23.4 Å². The number of ether oxygens (including phenoxy) is 1. The van der Waals surface area contributed by atoms with E-state index in [9.17, 15) is 0 Å². The minimum atomic E-state index is 0.205. The summed E-state index contributed by atoms with van der Waals surface area (Å²) in [6.07, 6.45) is 5.65. The minimum Gasteiger partial charge on any atom is -0.497 e. The van der Waals surface area contributed by atoms with Crippen LogP contribution < -0.4 is 4.74 Å². The second kappa shape index (κ2) is 8.45. The highest BCUT2D eigenvalue weighted by Crippen LogP contribution is 2.28. The van der Waals surface area contributed by atoms with E-state index in [2.05, 4.69) is 56.4 Å². The molecule has 4 heterocycles. The number of piperazine rings is 1. The van der Waals surface area contributed by atoms with E-state index in [0.717, 1.165) is 54.3 Å². The smallest absolute Gasteiger partial charge is 0.118 e. The molecule has 1 aliphatic heterocycles. The van der Waals surface area contributed by atoms with Gasteiger partial charge >= 0.3 is 0 Å². The number of benzene rings is 1. The van der Waals surface area contributed by atoms with E-state index in [1.807, 2.05) is 35.0 Å². The van der Waals surface area contributed by atoms with E-state index >= 15 is 0 Å². The molecule has 7 heteroatoms. The number of hydrogen-bond acceptors (Lipinski definition) is 6. The Bertz CT molecular complexity index is 1160. The fourth-order valence-electron chi connectivity index (χ4n) is 4.22. The summed E-state index contributed by atoms with van der Waals surface area (Å²) in [5.41, 5.74) is 5.60. The van der Waals surface area contributed by atoms with Crippen molar-refractivity contribution in [1.29, 1.82) is 0 Å². The molecule has 4 aromatic rings. The Morgan fingerprint density at radius 3 is 2.55 bits per heavy atom. The molecule has 0 aliphatic carbocycles. The lowest BCUT2D eigenvalue weighted by Crippen LogP contribution is -2.46. The number of rotatable bonds is 5. The number of nitrogens with zero attached hydrogens (tertiary/aromatic N) is 6. The maximum absolute atomic E-state index is 5.28. The van der Waals surface area contributed by atoms with Gasteiger partial charge in [-0.15, -0.1) is 5.10 Å². The van der Waals surface area contributed by atoms with Crippen molar-refractivity contribution in [2.75, 3.05) is 33.8 Å². The van der Waals surface area contributed by atoms with Gasteiger partial charge in [-0.3, -0.25) is 14.8 Å². The summed E-state index contributed by atoms with van der Waals surface area (Å²) < 4.78 is 7.17. The van der Waals surface area contributed by atoms with E-state index in [1.54, 1.807) is 19.5 Å². The van der Waals surface area contributed by atoms with Gasteiger partial charge in [-0.05, 0) is 48.5 Å². The lowest BCUT2D eigenvalue weighted by Gasteiger charge is -2.38. The highest BCUT2D eigenvalue weighted by atomic mass is 16.5. The van der Waals surface area contributed by atoms with Crippen molar-refractivity contribution in [3.8, 4) is 16.9 Å². The molecule has 0 amide bonds. The molecule has 31 heavy (non-hydrogen) atoms. The summed E-state index contributed by atoms with van der Waals surface area (Å²) in [7, 11) is 3.87. The van der Waals surface area contributed by atoms with Crippen molar-refractivity contribution in [3.63, 3.8) is 0 Å². The fraction of sp³-hybridized carbons (Fsp3) is 0.292. The standard InChI is InChI=1S/C24H26N6O/c1-28-13-14-29(15-18-3-6-21(31-2)7-4-18)17-23(28)24-22-8-5-20(16-30(22)27-26-24)19-9-11-25-12-10-19/h3-12,16,23H,13-15,17H2,1-2H3/t23-/m1/s1. The van der Waals surface area contributed by atoms with Crippen LogP contribution >= 0.6 is 0 Å². The Morgan fingerprint density at radius 2 is 1.77 bits per heavy atom. The first-order valence-corrected chi connectivity index (χ1v) is 10.5. The molecule has 0 radical (unpaired) electrons. The summed E-state index contributed by atoms with van der Waals surface area (Å²) in [5, 5.41) is 9.02. The number of pyridine rings is 2. The van der Waals surface area contributed by atoms with Gasteiger partial charge in [0.15, 0.2) is 0 Å². The minimum absolute atomic E-state index is 0.205. The van der Waals surface area contributed by atoms with Crippen LogP contribution in [0.25, 0.3) is 16.6 Å². The summed E-state index contributed by atoms with van der Waals surface area (Å²) >= 11 is 0. The average molecular weight is 415 g/mol. The molecule has 1 aromatic carbocycles. The van der Waals surface area contributed by atoms with Crippen LogP contribution in [0.1, 0.15) is 17.3 Å². The van der Waals surface area contributed by atoms with Gasteiger partial charge in [0.2, 0.25) is 0 Å². The molecule has 1 saturated heterocycles. The van der Waals surface area contributed by atoms with Gasteiger partial charge in [-0.25, -0.2) is 4.52 Å². The molecule has 0 bridgehead atoms. The molecule has 7 nitrogen and oxygen atoms in total. The lowest BCUT2D eigenvalue weighted by molar-refractivity contribution is 0.0889. The first-order valence-electron chi connectivity index (χ1n) is 10.5. The molecule has 0 N–H and O–H groups in total. The maximum Gasteiger partial charge on any atom is 0.118 e. The predicted molar refractivity (Wildman–Crippen MR) is 120 cm³/mol. The van der Waals surface area contributed by atoms with Crippen molar-refractivity contribution in [2.24, 2.45) is 0 Å². The van der Waals surface area contributed by atoms with Gasteiger partial charge in [0.05, 0.1) is 18.7 Å². The average Bonchev–Trinajstić information content (AvgIpc) is 3.24. The zero-order valence-electron chi connectivity index (χ0n) is 17.8. The first kappa shape index (κ1) is 19.7. The second-order valence-electron chi connectivity index (χ2n) is 8.04. The lowest BCUT2D eigenvalue weighted by atomic mass is 10.1. The van der Waals surface area contributed by atoms with Crippen LogP contribution in [0, 0.1) is 0 Å². The second-order valence-corrected chi connectivity index (χ2v) is 8.04. The summed E-state index contributed by atoms with van der Waals surface area (Å²) in [6, 6.07) is 16.8. The third-order valence-corrected chi connectivity index (χ3v) is 6.07. The van der Waals surface area contributed by atoms with E-state index in [-0.39, 0.29) is 6.04 Å². The number of hydrogen-bond donors (Lipinski definition) is 0. The zero-order chi connectivity index (χ0) is 21.2. The topological polar surface area (TPSA) is 58.8 Å². The normalized spacial score (nSPS) is 17.8. The number of likely N-dealkylation sites (N-methyl/N-ethyl adjacent to an activating group) is 1. The predicted octanol–water partition coefficient (Wildman–Crippen LogP) is 3.29. The number of fused-ring (bicyclic) bond motifs is 1. The highest BCUT2D eigenvalue weighted by molar-refractivity contribution is 5.65. The molecule has 1 aliphatic rings. The van der Waals surface area contributed by atoms with Crippen LogP contribution in [0.3, 0.4) is 0 Å². The summed E-state index contributed by atoms with van der Waals surface area (Å²) in [4.78, 5) is 8.97. The largest absolute Gasteiger partial charge is 0.497 e. The zero-order valence-corrected chi connectivity index (χ0v) is 17.8. The van der Waals surface area contributed by atoms with E-state index in [0.29, 0.717) is 0 Å². The van der Waals surface area contributed by atoms with Crippen LogP contribution in [-0.2, 0) is 6.54 Å². The Kier molecular flexibility index (Phi) is 5.36. The maximum atomic E-state index is 5.28. The third kappa shape index (κ3) is 4.02. The molecule has 158 valence electrons. The highest BCUT2D eigenvalue weighted by Gasteiger charge is 2.29. The monoisotopic (exact) mass is 414 g/mol. The van der Waals surface area contributed by atoms with Gasteiger partial charge in [-0.2, -0.15) is 0 Å². The van der Waals surface area contributed by atoms with Gasteiger partial charge < -0.3 is 4.74 Å². The SMILES string of the molecule is COc1ccc(CN2CCN(C)[C@@H](c3nnn4cc(-c5ccncc5)ccc34)C2)cc1. The van der Waals surface area contributed by atoms with Crippen molar-refractivity contribution in [3.05, 3.63) is 78.4 Å². The first-order chi connectivity index (χ1) is 15.2. The van der Waals surface area contributed by atoms with E-state index in [1.165, 1.54) is 5.56 Å². The van der Waals surface area contributed by atoms with Crippen LogP contribution in [0.4, 0.5) is 0 Å². The number of methoxy groups -OCH3 is 1. The molecule has 5 rings (SSSR count). The van der Waals surface area contributed by atoms with Crippen molar-refractivity contribution in [1.82, 2.24) is 29.6 Å². The van der Waals surface area contributed by atoms with E-state index in [4.69, 9.17) is 4.74 Å². The van der Waals surface area contributed by atoms with Gasteiger partial charge in [0, 0.05) is 50.3 Å². The molecule has 0 spiro atoms. The van der Waals surface area contributed by atoms with Crippen molar-refractivity contribution in [2.45, 2.75) is 12.6 Å². The van der Waals surface area contributed by atoms with Crippen molar-refractivity contribution < 1.29 is 4.74 Å². The Hall–Kier alpha value is -3.29. The Labute approximate surface area is 181 Å². The summed E-state index contributed by atoms with van der Waals surface area (Å²) in [5.74, 6) is 0.890. The molecular formula is C24H26N6O. The van der Waals surface area contributed by atoms with Crippen LogP contribution in [-0.4, -0.2) is 63.4 Å². The molecular weight excluding hydrogens is 388 g/mol. The van der Waals surface area contributed by atoms with Crippen molar-refractivity contribution >= 4 is 5.52 Å². The third-order valence-electron chi connectivity index (χ3n) is 6.07. The summed E-state index contributed by atoms with van der Waals surface area (Å²) in [6.45, 7) is 3.86. The number of aromatic nitrogens is 4. The van der Waals surface area contributed by atoms with Gasteiger partial charge in [0.1, 0.15) is 11.4 Å². The van der Waals surface area contributed by atoms with Crippen LogP contribution in [0.15, 0.2) is 67.1 Å². The molecule has 1 atom stereocenters. The molecule has 0 unspecified atom stereocenters. The molecule has 0 saturated carbocycles.